The van der Waals surface area contributed by atoms with Crippen molar-refractivity contribution in [3.05, 3.63) is 35.6 Å². The van der Waals surface area contributed by atoms with Gasteiger partial charge < -0.3 is 11.5 Å². The highest BCUT2D eigenvalue weighted by Crippen LogP contribution is 2.07. The SMILES string of the molecule is NC(=O)/C(N)=N/N(N)Cc1ccccc1F. The number of hydrogen-bond acceptors (Lipinski definition) is 4. The molecule has 6 N–H and O–H groups in total. The summed E-state index contributed by atoms with van der Waals surface area (Å²) in [5.74, 6) is 3.68. The summed E-state index contributed by atoms with van der Waals surface area (Å²) in [6.45, 7) is -0.0132. The molecule has 0 bridgehead atoms. The molecule has 0 saturated carbocycles. The fourth-order valence-electron chi connectivity index (χ4n) is 1.02. The summed E-state index contributed by atoms with van der Waals surface area (Å²) in [5, 5.41) is 4.32. The number of rotatable bonds is 3. The molecule has 1 aromatic carbocycles. The second-order valence-corrected chi connectivity index (χ2v) is 3.04. The Bertz CT molecular complexity index is 420. The normalized spacial score (nSPS) is 11.2. The maximum Gasteiger partial charge on any atom is 0.285 e. The van der Waals surface area contributed by atoms with Crippen molar-refractivity contribution in [2.75, 3.05) is 0 Å². The average Bonchev–Trinajstić information content (AvgIpc) is 2.21. The van der Waals surface area contributed by atoms with Crippen LogP contribution in [0.1, 0.15) is 5.56 Å². The lowest BCUT2D eigenvalue weighted by Gasteiger charge is -2.13. The zero-order valence-corrected chi connectivity index (χ0v) is 8.43. The number of nitrogens with two attached hydrogens (primary N) is 3. The van der Waals surface area contributed by atoms with E-state index in [-0.39, 0.29) is 6.54 Å². The fraction of sp³-hybridized carbons (Fsp3) is 0.111. The number of carbonyl (C=O) groups is 1. The van der Waals surface area contributed by atoms with Gasteiger partial charge in [-0.15, -0.1) is 5.10 Å². The Morgan fingerprint density at radius 1 is 1.38 bits per heavy atom. The molecular weight excluding hydrogens is 213 g/mol. The molecule has 0 unspecified atom stereocenters. The quantitative estimate of drug-likeness (QED) is 0.272. The van der Waals surface area contributed by atoms with Gasteiger partial charge in [0.15, 0.2) is 0 Å². The van der Waals surface area contributed by atoms with Gasteiger partial charge in [0.05, 0.1) is 6.54 Å². The predicted molar refractivity (Wildman–Crippen MR) is 56.9 cm³/mol. The predicted octanol–water partition coefficient (Wildman–Crippen LogP) is -0.741. The first-order valence-corrected chi connectivity index (χ1v) is 4.40. The van der Waals surface area contributed by atoms with E-state index in [1.807, 2.05) is 0 Å². The highest BCUT2D eigenvalue weighted by atomic mass is 19.1. The van der Waals surface area contributed by atoms with E-state index in [1.165, 1.54) is 6.07 Å². The number of amidine groups is 1. The molecule has 0 aromatic heterocycles. The van der Waals surface area contributed by atoms with Crippen LogP contribution >= 0.6 is 0 Å². The number of hydrazone groups is 1. The van der Waals surface area contributed by atoms with Gasteiger partial charge in [-0.1, -0.05) is 18.2 Å². The Morgan fingerprint density at radius 2 is 2.00 bits per heavy atom. The molecule has 0 aliphatic heterocycles. The Kier molecular flexibility index (Phi) is 3.78. The summed E-state index contributed by atoms with van der Waals surface area (Å²) in [6.07, 6.45) is 0. The molecule has 6 nitrogen and oxygen atoms in total. The zero-order chi connectivity index (χ0) is 12.1. The van der Waals surface area contributed by atoms with Crippen LogP contribution in [0.25, 0.3) is 0 Å². The first-order chi connectivity index (χ1) is 7.50. The van der Waals surface area contributed by atoms with Gasteiger partial charge in [0.2, 0.25) is 5.84 Å². The van der Waals surface area contributed by atoms with Gasteiger partial charge in [0.1, 0.15) is 5.82 Å². The van der Waals surface area contributed by atoms with Gasteiger partial charge in [-0.05, 0) is 6.07 Å². The molecule has 7 heteroatoms. The van der Waals surface area contributed by atoms with Crippen LogP contribution < -0.4 is 17.3 Å². The molecule has 1 aromatic rings. The van der Waals surface area contributed by atoms with Gasteiger partial charge in [-0.2, -0.15) is 0 Å². The fourth-order valence-corrected chi connectivity index (χ4v) is 1.02. The van der Waals surface area contributed by atoms with Crippen molar-refractivity contribution in [2.24, 2.45) is 22.4 Å². The second kappa shape index (κ2) is 5.08. The number of nitrogens with zero attached hydrogens (tertiary/aromatic N) is 2. The third-order valence-electron chi connectivity index (χ3n) is 1.78. The van der Waals surface area contributed by atoms with E-state index in [4.69, 9.17) is 17.3 Å². The molecule has 1 rings (SSSR count). The van der Waals surface area contributed by atoms with E-state index in [9.17, 15) is 9.18 Å². The van der Waals surface area contributed by atoms with Crippen molar-refractivity contribution in [1.82, 2.24) is 5.12 Å². The van der Waals surface area contributed by atoms with E-state index < -0.39 is 17.6 Å². The summed E-state index contributed by atoms with van der Waals surface area (Å²) in [4.78, 5) is 10.6. The van der Waals surface area contributed by atoms with E-state index >= 15 is 0 Å². The first-order valence-electron chi connectivity index (χ1n) is 4.40. The van der Waals surface area contributed by atoms with Crippen molar-refractivity contribution < 1.29 is 9.18 Å². The van der Waals surface area contributed by atoms with E-state index in [0.717, 1.165) is 5.12 Å². The summed E-state index contributed by atoms with van der Waals surface area (Å²) in [6, 6.07) is 6.06. The maximum absolute atomic E-state index is 13.2. The Labute approximate surface area is 91.5 Å². The van der Waals surface area contributed by atoms with E-state index in [1.54, 1.807) is 18.2 Å². The minimum Gasteiger partial charge on any atom is -0.378 e. The van der Waals surface area contributed by atoms with Crippen molar-refractivity contribution in [3.8, 4) is 0 Å². The van der Waals surface area contributed by atoms with E-state index in [0.29, 0.717) is 5.56 Å². The first kappa shape index (κ1) is 11.9. The molecule has 0 aliphatic carbocycles. The van der Waals surface area contributed by atoms with Crippen molar-refractivity contribution in [1.29, 1.82) is 0 Å². The molecule has 0 radical (unpaired) electrons. The number of hydrogen-bond donors (Lipinski definition) is 3. The average molecular weight is 225 g/mol. The molecule has 1 amide bonds. The zero-order valence-electron chi connectivity index (χ0n) is 8.43. The van der Waals surface area contributed by atoms with Gasteiger partial charge >= 0.3 is 0 Å². The van der Waals surface area contributed by atoms with Crippen LogP contribution in [-0.2, 0) is 11.3 Å². The Hall–Kier alpha value is -2.15. The van der Waals surface area contributed by atoms with E-state index in [2.05, 4.69) is 5.10 Å². The van der Waals surface area contributed by atoms with Crippen LogP contribution in [-0.4, -0.2) is 16.9 Å². The smallest absolute Gasteiger partial charge is 0.285 e. The molecule has 0 atom stereocenters. The minimum atomic E-state index is -0.885. The lowest BCUT2D eigenvalue weighted by Crippen LogP contribution is -2.36. The lowest BCUT2D eigenvalue weighted by molar-refractivity contribution is -0.112. The molecule has 0 aliphatic rings. The maximum atomic E-state index is 13.2. The van der Waals surface area contributed by atoms with Crippen LogP contribution in [0.4, 0.5) is 4.39 Å². The lowest BCUT2D eigenvalue weighted by atomic mass is 10.2. The van der Waals surface area contributed by atoms with Crippen molar-refractivity contribution in [2.45, 2.75) is 6.54 Å². The van der Waals surface area contributed by atoms with Crippen molar-refractivity contribution in [3.63, 3.8) is 0 Å². The summed E-state index contributed by atoms with van der Waals surface area (Å²) < 4.78 is 13.2. The number of carbonyl (C=O) groups excluding carboxylic acids is 1. The Morgan fingerprint density at radius 3 is 2.56 bits per heavy atom. The molecule has 0 spiro atoms. The van der Waals surface area contributed by atoms with Gasteiger partial charge in [-0.3, -0.25) is 4.79 Å². The minimum absolute atomic E-state index is 0.0132. The summed E-state index contributed by atoms with van der Waals surface area (Å²) in [5.41, 5.74) is 10.4. The van der Waals surface area contributed by atoms with Crippen LogP contribution in [0, 0.1) is 5.82 Å². The highest BCUT2D eigenvalue weighted by molar-refractivity contribution is 6.36. The standard InChI is InChI=1S/C9H12FN5O/c10-7-4-2-1-3-6(7)5-15(13)14-8(11)9(12)16/h1-4H,5,13H2,(H2,11,14)(H2,12,16). The number of hydrazine groups is 1. The number of amides is 1. The van der Waals surface area contributed by atoms with Gasteiger partial charge in [0, 0.05) is 5.56 Å². The number of halogens is 1. The molecule has 86 valence electrons. The number of benzene rings is 1. The molecule has 0 fully saturated rings. The second-order valence-electron chi connectivity index (χ2n) is 3.04. The third-order valence-corrected chi connectivity index (χ3v) is 1.78. The Balaban J connectivity index is 2.72. The third kappa shape index (κ3) is 3.21. The molecule has 0 saturated heterocycles. The van der Waals surface area contributed by atoms with Gasteiger partial charge in [0.25, 0.3) is 5.91 Å². The highest BCUT2D eigenvalue weighted by Gasteiger charge is 2.06. The van der Waals surface area contributed by atoms with Gasteiger partial charge in [-0.25, -0.2) is 15.4 Å². The molecule has 0 heterocycles. The summed E-state index contributed by atoms with van der Waals surface area (Å²) >= 11 is 0. The van der Waals surface area contributed by atoms with Crippen LogP contribution in [0.2, 0.25) is 0 Å². The largest absolute Gasteiger partial charge is 0.378 e. The monoisotopic (exact) mass is 225 g/mol. The van der Waals surface area contributed by atoms with Crippen LogP contribution in [0.3, 0.4) is 0 Å². The molecular formula is C9H12FN5O. The van der Waals surface area contributed by atoms with Crippen molar-refractivity contribution >= 4 is 11.7 Å². The number of primary amides is 1. The van der Waals surface area contributed by atoms with Crippen LogP contribution in [0.15, 0.2) is 29.4 Å². The topological polar surface area (TPSA) is 111 Å². The van der Waals surface area contributed by atoms with Crippen LogP contribution in [0.5, 0.6) is 0 Å². The summed E-state index contributed by atoms with van der Waals surface area (Å²) in [7, 11) is 0. The molecule has 16 heavy (non-hydrogen) atoms.